The first-order valence-electron chi connectivity index (χ1n) is 10.0. The van der Waals surface area contributed by atoms with Crippen LogP contribution in [0, 0.1) is 5.41 Å². The first-order valence-corrected chi connectivity index (χ1v) is 11.2. The fourth-order valence-corrected chi connectivity index (χ4v) is 4.15. The lowest BCUT2D eigenvalue weighted by Crippen LogP contribution is -3.06. The van der Waals surface area contributed by atoms with Gasteiger partial charge in [-0.2, -0.15) is 0 Å². The molecule has 31 heavy (non-hydrogen) atoms. The Bertz CT molecular complexity index is 1050. The smallest absolute Gasteiger partial charge is 0.214 e. The molecule has 0 aliphatic rings. The molecule has 2 atom stereocenters. The van der Waals surface area contributed by atoms with Crippen LogP contribution in [0.15, 0.2) is 48.5 Å². The van der Waals surface area contributed by atoms with E-state index in [4.69, 9.17) is 34.8 Å². The van der Waals surface area contributed by atoms with Gasteiger partial charge in [-0.25, -0.2) is 4.68 Å². The van der Waals surface area contributed by atoms with Gasteiger partial charge in [0.25, 0.3) is 0 Å². The number of hydrogen-bond acceptors (Lipinski definition) is 3. The standard InChI is InChI=1S/C23H26Cl3N5/c1-23(2,3)20(13-9-15-6-12-18(25)14-19(15)26)31-22(27-28-29-31)21(30(4)5)16-7-10-17(24)11-8-16/h6-14,20-21H,1-5H3/p+1/b13-9+/t20-,21-/m1/s1. The quantitative estimate of drug-likeness (QED) is 0.531. The predicted octanol–water partition coefficient (Wildman–Crippen LogP) is 5.17. The van der Waals surface area contributed by atoms with Crippen LogP contribution in [0.5, 0.6) is 0 Å². The Morgan fingerprint density at radius 3 is 2.19 bits per heavy atom. The van der Waals surface area contributed by atoms with Crippen molar-refractivity contribution in [1.29, 1.82) is 0 Å². The average molecular weight is 480 g/mol. The molecule has 0 aliphatic heterocycles. The molecule has 2 aromatic carbocycles. The third kappa shape index (κ3) is 5.66. The SMILES string of the molecule is C[NH+](C)[C@H](c1ccc(Cl)cc1)c1nnnn1[C@H](/C=C/c1ccc(Cl)cc1Cl)C(C)(C)C. The van der Waals surface area contributed by atoms with Gasteiger partial charge in [-0.3, -0.25) is 0 Å². The Morgan fingerprint density at radius 1 is 0.968 bits per heavy atom. The Balaban J connectivity index is 2.05. The minimum atomic E-state index is -0.147. The summed E-state index contributed by atoms with van der Waals surface area (Å²) in [6.45, 7) is 6.49. The van der Waals surface area contributed by atoms with E-state index in [2.05, 4.69) is 56.5 Å². The number of rotatable bonds is 6. The molecule has 8 heteroatoms. The molecule has 0 amide bonds. The number of hydrogen-bond donors (Lipinski definition) is 1. The topological polar surface area (TPSA) is 48.0 Å². The lowest BCUT2D eigenvalue weighted by atomic mass is 9.86. The van der Waals surface area contributed by atoms with Gasteiger partial charge in [0.15, 0.2) is 6.04 Å². The molecule has 164 valence electrons. The van der Waals surface area contributed by atoms with Crippen LogP contribution in [0.25, 0.3) is 6.08 Å². The Kier molecular flexibility index (Phi) is 7.43. The van der Waals surface area contributed by atoms with Gasteiger partial charge in [0.2, 0.25) is 5.82 Å². The second kappa shape index (κ2) is 9.70. The molecule has 5 nitrogen and oxygen atoms in total. The van der Waals surface area contributed by atoms with Gasteiger partial charge in [0.05, 0.1) is 20.1 Å². The molecule has 1 N–H and O–H groups in total. The number of allylic oxidation sites excluding steroid dienone is 1. The summed E-state index contributed by atoms with van der Waals surface area (Å²) < 4.78 is 1.91. The first-order chi connectivity index (χ1) is 14.6. The van der Waals surface area contributed by atoms with Crippen molar-refractivity contribution < 1.29 is 4.90 Å². The molecule has 0 spiro atoms. The van der Waals surface area contributed by atoms with E-state index in [1.165, 1.54) is 4.90 Å². The molecule has 0 bridgehead atoms. The van der Waals surface area contributed by atoms with E-state index in [0.717, 1.165) is 17.0 Å². The summed E-state index contributed by atoms with van der Waals surface area (Å²) in [5.41, 5.74) is 1.84. The zero-order valence-corrected chi connectivity index (χ0v) is 20.5. The van der Waals surface area contributed by atoms with Crippen LogP contribution in [0.3, 0.4) is 0 Å². The molecule has 1 heterocycles. The summed E-state index contributed by atoms with van der Waals surface area (Å²) in [7, 11) is 4.18. The van der Waals surface area contributed by atoms with Gasteiger partial charge in [-0.1, -0.05) is 85.9 Å². The highest BCUT2D eigenvalue weighted by molar-refractivity contribution is 6.35. The number of quaternary nitrogens is 1. The van der Waals surface area contributed by atoms with Gasteiger partial charge in [-0.15, -0.1) is 5.10 Å². The normalized spacial score (nSPS) is 14.4. The fraction of sp³-hybridized carbons (Fsp3) is 0.348. The van der Waals surface area contributed by atoms with Crippen molar-refractivity contribution in [2.24, 2.45) is 5.41 Å². The van der Waals surface area contributed by atoms with Crippen LogP contribution in [0.1, 0.15) is 49.8 Å². The number of tetrazole rings is 1. The molecule has 3 aromatic rings. The predicted molar refractivity (Wildman–Crippen MR) is 128 cm³/mol. The Labute approximate surface area is 198 Å². The van der Waals surface area contributed by atoms with Crippen LogP contribution in [0.4, 0.5) is 0 Å². The number of nitrogens with zero attached hydrogens (tertiary/aromatic N) is 4. The van der Waals surface area contributed by atoms with Crippen molar-refractivity contribution >= 4 is 40.9 Å². The second-order valence-corrected chi connectivity index (χ2v) is 10.2. The maximum atomic E-state index is 6.37. The number of halogens is 3. The van der Waals surface area contributed by atoms with Crippen LogP contribution < -0.4 is 4.90 Å². The van der Waals surface area contributed by atoms with Gasteiger partial charge in [0, 0.05) is 20.6 Å². The molecule has 0 saturated carbocycles. The summed E-state index contributed by atoms with van der Waals surface area (Å²) in [6.07, 6.45) is 4.10. The minimum Gasteiger partial charge on any atom is -0.327 e. The maximum Gasteiger partial charge on any atom is 0.214 e. The lowest BCUT2D eigenvalue weighted by Gasteiger charge is -2.30. The van der Waals surface area contributed by atoms with Crippen molar-refractivity contribution in [2.75, 3.05) is 14.1 Å². The molecular formula is C23H27Cl3N5+. The van der Waals surface area contributed by atoms with E-state index in [9.17, 15) is 0 Å². The third-order valence-electron chi connectivity index (χ3n) is 5.13. The van der Waals surface area contributed by atoms with Crippen LogP contribution >= 0.6 is 34.8 Å². The van der Waals surface area contributed by atoms with Gasteiger partial charge >= 0.3 is 0 Å². The minimum absolute atomic E-state index is 0.0513. The largest absolute Gasteiger partial charge is 0.327 e. The van der Waals surface area contributed by atoms with Crippen molar-refractivity contribution in [3.05, 3.63) is 80.6 Å². The summed E-state index contributed by atoms with van der Waals surface area (Å²) in [6, 6.07) is 13.2. The molecule has 0 fully saturated rings. The second-order valence-electron chi connectivity index (χ2n) is 8.88. The number of benzene rings is 2. The fourth-order valence-electron chi connectivity index (χ4n) is 3.55. The molecule has 3 rings (SSSR count). The van der Waals surface area contributed by atoms with Crippen molar-refractivity contribution in [2.45, 2.75) is 32.9 Å². The van der Waals surface area contributed by atoms with Crippen molar-refractivity contribution in [1.82, 2.24) is 20.2 Å². The number of nitrogens with one attached hydrogen (secondary N) is 1. The van der Waals surface area contributed by atoms with E-state index in [1.807, 2.05) is 47.2 Å². The molecule has 0 radical (unpaired) electrons. The highest BCUT2D eigenvalue weighted by Gasteiger charge is 2.33. The monoisotopic (exact) mass is 478 g/mol. The zero-order valence-electron chi connectivity index (χ0n) is 18.3. The Hall–Kier alpha value is -1.92. The highest BCUT2D eigenvalue weighted by atomic mass is 35.5. The zero-order chi connectivity index (χ0) is 22.8. The molecule has 1 aromatic heterocycles. The third-order valence-corrected chi connectivity index (χ3v) is 5.94. The van der Waals surface area contributed by atoms with E-state index in [-0.39, 0.29) is 17.5 Å². The maximum absolute atomic E-state index is 6.37. The van der Waals surface area contributed by atoms with Crippen LogP contribution in [-0.4, -0.2) is 34.3 Å². The van der Waals surface area contributed by atoms with Crippen LogP contribution in [0.2, 0.25) is 15.1 Å². The van der Waals surface area contributed by atoms with E-state index < -0.39 is 0 Å². The number of aromatic nitrogens is 4. The highest BCUT2D eigenvalue weighted by Crippen LogP contribution is 2.34. The van der Waals surface area contributed by atoms with E-state index in [1.54, 1.807) is 6.07 Å². The van der Waals surface area contributed by atoms with Crippen LogP contribution in [-0.2, 0) is 0 Å². The van der Waals surface area contributed by atoms with Crippen molar-refractivity contribution in [3.8, 4) is 0 Å². The van der Waals surface area contributed by atoms with Gasteiger partial charge < -0.3 is 4.90 Å². The van der Waals surface area contributed by atoms with Gasteiger partial charge in [0.1, 0.15) is 0 Å². The van der Waals surface area contributed by atoms with Gasteiger partial charge in [-0.05, 0) is 45.7 Å². The Morgan fingerprint density at radius 2 is 1.61 bits per heavy atom. The van der Waals surface area contributed by atoms with E-state index in [0.29, 0.717) is 15.1 Å². The molecular weight excluding hydrogens is 453 g/mol. The summed E-state index contributed by atoms with van der Waals surface area (Å²) in [5.74, 6) is 0.786. The lowest BCUT2D eigenvalue weighted by molar-refractivity contribution is -0.886. The average Bonchev–Trinajstić information content (AvgIpc) is 3.12. The molecule has 0 aliphatic carbocycles. The summed E-state index contributed by atoms with van der Waals surface area (Å²) >= 11 is 18.5. The summed E-state index contributed by atoms with van der Waals surface area (Å²) in [4.78, 5) is 1.19. The molecule has 0 saturated heterocycles. The van der Waals surface area contributed by atoms with E-state index >= 15 is 0 Å². The van der Waals surface area contributed by atoms with Crippen molar-refractivity contribution in [3.63, 3.8) is 0 Å². The first kappa shape index (κ1) is 23.7. The summed E-state index contributed by atoms with van der Waals surface area (Å²) in [5, 5.41) is 14.8. The molecule has 0 unspecified atom stereocenters.